The lowest BCUT2D eigenvalue weighted by atomic mass is 10.2. The fraction of sp³-hybridized carbons (Fsp3) is 0. The van der Waals surface area contributed by atoms with Crippen molar-refractivity contribution < 1.29 is 13.9 Å². The number of hydrogen-bond acceptors (Lipinski definition) is 5. The normalized spacial score (nSPS) is 10.2. The maximum Gasteiger partial charge on any atom is 0.292 e. The van der Waals surface area contributed by atoms with Crippen molar-refractivity contribution in [2.45, 2.75) is 0 Å². The van der Waals surface area contributed by atoms with Crippen LogP contribution in [0.25, 0.3) is 0 Å². The Morgan fingerprint density at radius 1 is 0.640 bits per heavy atom. The zero-order chi connectivity index (χ0) is 17.8. The summed E-state index contributed by atoms with van der Waals surface area (Å²) in [5, 5.41) is 14.7. The second kappa shape index (κ2) is 6.79. The summed E-state index contributed by atoms with van der Waals surface area (Å²) in [6.45, 7) is 0. The van der Waals surface area contributed by atoms with Gasteiger partial charge in [-0.15, -0.1) is 0 Å². The number of amidine groups is 2. The van der Waals surface area contributed by atoms with E-state index in [4.69, 9.17) is 36.2 Å². The summed E-state index contributed by atoms with van der Waals surface area (Å²) in [4.78, 5) is 0. The summed E-state index contributed by atoms with van der Waals surface area (Å²) in [5.74, 6) is 1.64. The largest absolute Gasteiger partial charge is 0.426 e. The zero-order valence-electron chi connectivity index (χ0n) is 13.2. The van der Waals surface area contributed by atoms with E-state index < -0.39 is 0 Å². The standard InChI is InChI=1S/C18H16N4O3/c19-17(20)11-1-5-13(6-2-11)23-15-9-10-16(25-15)24-14-7-3-12(4-8-14)18(21)22/h1-10H,(H3,19,20)(H3,21,22). The highest BCUT2D eigenvalue weighted by Crippen LogP contribution is 2.30. The molecule has 0 aliphatic rings. The van der Waals surface area contributed by atoms with Gasteiger partial charge < -0.3 is 25.4 Å². The minimum atomic E-state index is -0.00368. The molecule has 0 amide bonds. The maximum absolute atomic E-state index is 7.36. The van der Waals surface area contributed by atoms with Gasteiger partial charge in [-0.1, -0.05) is 0 Å². The molecule has 0 bridgehead atoms. The molecule has 3 aromatic rings. The summed E-state index contributed by atoms with van der Waals surface area (Å²) < 4.78 is 16.6. The van der Waals surface area contributed by atoms with Crippen LogP contribution in [0.4, 0.5) is 0 Å². The van der Waals surface area contributed by atoms with E-state index in [1.54, 1.807) is 60.7 Å². The van der Waals surface area contributed by atoms with Crippen molar-refractivity contribution in [1.82, 2.24) is 0 Å². The predicted octanol–water partition coefficient (Wildman–Crippen LogP) is 3.43. The van der Waals surface area contributed by atoms with Gasteiger partial charge in [0.25, 0.3) is 11.9 Å². The average molecular weight is 336 g/mol. The van der Waals surface area contributed by atoms with Crippen LogP contribution < -0.4 is 20.9 Å². The van der Waals surface area contributed by atoms with Crippen molar-refractivity contribution in [3.63, 3.8) is 0 Å². The zero-order valence-corrected chi connectivity index (χ0v) is 13.2. The first-order chi connectivity index (χ1) is 12.0. The van der Waals surface area contributed by atoms with Crippen molar-refractivity contribution in [2.24, 2.45) is 11.5 Å². The van der Waals surface area contributed by atoms with Crippen molar-refractivity contribution in [1.29, 1.82) is 10.8 Å². The monoisotopic (exact) mass is 336 g/mol. The topological polar surface area (TPSA) is 131 Å². The third kappa shape index (κ3) is 3.97. The Kier molecular flexibility index (Phi) is 4.38. The molecule has 25 heavy (non-hydrogen) atoms. The van der Waals surface area contributed by atoms with Crippen LogP contribution in [0.2, 0.25) is 0 Å². The van der Waals surface area contributed by atoms with Gasteiger partial charge in [0.15, 0.2) is 0 Å². The van der Waals surface area contributed by atoms with E-state index in [0.717, 1.165) is 0 Å². The molecule has 7 heteroatoms. The van der Waals surface area contributed by atoms with E-state index in [0.29, 0.717) is 22.6 Å². The minimum absolute atomic E-state index is 0.00368. The number of nitrogens with one attached hydrogen (secondary N) is 2. The predicted molar refractivity (Wildman–Crippen MR) is 93.8 cm³/mol. The van der Waals surface area contributed by atoms with Gasteiger partial charge in [0.05, 0.1) is 0 Å². The number of hydrogen-bond donors (Lipinski definition) is 4. The molecule has 0 fully saturated rings. The van der Waals surface area contributed by atoms with Gasteiger partial charge >= 0.3 is 0 Å². The molecule has 0 unspecified atom stereocenters. The Labute approximate surface area is 143 Å². The lowest BCUT2D eigenvalue weighted by molar-refractivity contribution is 0.283. The molecule has 0 radical (unpaired) electrons. The Morgan fingerprint density at radius 2 is 1.00 bits per heavy atom. The lowest BCUT2D eigenvalue weighted by Crippen LogP contribution is -2.10. The molecule has 0 spiro atoms. The quantitative estimate of drug-likeness (QED) is 0.404. The van der Waals surface area contributed by atoms with E-state index in [1.165, 1.54) is 0 Å². The Morgan fingerprint density at radius 3 is 1.32 bits per heavy atom. The molecule has 126 valence electrons. The van der Waals surface area contributed by atoms with E-state index in [-0.39, 0.29) is 23.6 Å². The van der Waals surface area contributed by atoms with Crippen LogP contribution in [0.3, 0.4) is 0 Å². The fourth-order valence-corrected chi connectivity index (χ4v) is 2.05. The van der Waals surface area contributed by atoms with Crippen molar-refractivity contribution in [3.05, 3.63) is 71.8 Å². The third-order valence-electron chi connectivity index (χ3n) is 3.32. The number of rotatable bonds is 6. The fourth-order valence-electron chi connectivity index (χ4n) is 2.05. The van der Waals surface area contributed by atoms with E-state index in [1.807, 2.05) is 0 Å². The van der Waals surface area contributed by atoms with Crippen LogP contribution in [0.15, 0.2) is 65.1 Å². The van der Waals surface area contributed by atoms with Crippen LogP contribution in [0, 0.1) is 10.8 Å². The first-order valence-electron chi connectivity index (χ1n) is 7.36. The average Bonchev–Trinajstić information content (AvgIpc) is 3.02. The molecule has 6 N–H and O–H groups in total. The van der Waals surface area contributed by atoms with Gasteiger partial charge in [-0.25, -0.2) is 0 Å². The molecule has 0 atom stereocenters. The lowest BCUT2D eigenvalue weighted by Gasteiger charge is -2.04. The SMILES string of the molecule is N=C(N)c1ccc(Oc2ccc(Oc3ccc(C(=N)N)cc3)o2)cc1. The number of furan rings is 1. The van der Waals surface area contributed by atoms with Crippen LogP contribution in [0.1, 0.15) is 11.1 Å². The van der Waals surface area contributed by atoms with Gasteiger partial charge in [0.2, 0.25) is 0 Å². The summed E-state index contributed by atoms with van der Waals surface area (Å²) in [7, 11) is 0. The van der Waals surface area contributed by atoms with Gasteiger partial charge in [-0.05, 0) is 48.5 Å². The maximum atomic E-state index is 7.36. The summed E-state index contributed by atoms with van der Waals surface area (Å²) in [5.41, 5.74) is 12.0. The first-order valence-corrected chi connectivity index (χ1v) is 7.36. The summed E-state index contributed by atoms with van der Waals surface area (Å²) in [6, 6.07) is 16.8. The highest BCUT2D eigenvalue weighted by atomic mass is 16.7. The smallest absolute Gasteiger partial charge is 0.292 e. The molecule has 3 rings (SSSR count). The Hall–Kier alpha value is -3.74. The third-order valence-corrected chi connectivity index (χ3v) is 3.32. The van der Waals surface area contributed by atoms with Gasteiger partial charge in [-0.3, -0.25) is 10.8 Å². The molecule has 0 aliphatic carbocycles. The van der Waals surface area contributed by atoms with E-state index in [9.17, 15) is 0 Å². The Bertz CT molecular complexity index is 825. The molecule has 0 saturated carbocycles. The molecule has 7 nitrogen and oxygen atoms in total. The molecular formula is C18H16N4O3. The molecular weight excluding hydrogens is 320 g/mol. The summed E-state index contributed by atoms with van der Waals surface area (Å²) in [6.07, 6.45) is 0. The molecule has 0 saturated heterocycles. The van der Waals surface area contributed by atoms with Crippen LogP contribution >= 0.6 is 0 Å². The number of nitrogens with two attached hydrogens (primary N) is 2. The van der Waals surface area contributed by atoms with Crippen LogP contribution in [0.5, 0.6) is 23.4 Å². The molecule has 1 heterocycles. The summed E-state index contributed by atoms with van der Waals surface area (Å²) >= 11 is 0. The second-order valence-corrected chi connectivity index (χ2v) is 5.15. The molecule has 0 aliphatic heterocycles. The Balaban J connectivity index is 1.65. The number of ether oxygens (including phenoxy) is 2. The van der Waals surface area contributed by atoms with Gasteiger partial charge in [0, 0.05) is 23.3 Å². The second-order valence-electron chi connectivity index (χ2n) is 5.15. The highest BCUT2D eigenvalue weighted by Gasteiger charge is 2.07. The van der Waals surface area contributed by atoms with Crippen molar-refractivity contribution in [2.75, 3.05) is 0 Å². The minimum Gasteiger partial charge on any atom is -0.426 e. The molecule has 2 aromatic carbocycles. The van der Waals surface area contributed by atoms with Gasteiger partial charge in [-0.2, -0.15) is 0 Å². The van der Waals surface area contributed by atoms with Crippen molar-refractivity contribution in [3.8, 4) is 23.4 Å². The highest BCUT2D eigenvalue weighted by molar-refractivity contribution is 5.95. The number of nitrogen functional groups attached to an aromatic ring is 2. The van der Waals surface area contributed by atoms with Crippen LogP contribution in [-0.4, -0.2) is 11.7 Å². The van der Waals surface area contributed by atoms with Crippen molar-refractivity contribution >= 4 is 11.7 Å². The van der Waals surface area contributed by atoms with E-state index >= 15 is 0 Å². The van der Waals surface area contributed by atoms with Crippen LogP contribution in [-0.2, 0) is 0 Å². The number of benzene rings is 2. The van der Waals surface area contributed by atoms with Gasteiger partial charge in [0.1, 0.15) is 23.2 Å². The molecule has 1 aromatic heterocycles. The first kappa shape index (κ1) is 16.1. The van der Waals surface area contributed by atoms with E-state index in [2.05, 4.69) is 0 Å².